The highest BCUT2D eigenvalue weighted by molar-refractivity contribution is 9.10. The SMILES string of the molecule is COc1ccc(Br)cc1C(=O)N/N=C\c1ccccc1C. The molecule has 0 spiro atoms. The number of aryl methyl sites for hydroxylation is 1. The highest BCUT2D eigenvalue weighted by atomic mass is 79.9. The van der Waals surface area contributed by atoms with E-state index in [1.807, 2.05) is 37.3 Å². The second-order valence-electron chi connectivity index (χ2n) is 4.40. The largest absolute Gasteiger partial charge is 0.496 e. The Morgan fingerprint density at radius 2 is 2.05 bits per heavy atom. The minimum absolute atomic E-state index is 0.321. The van der Waals surface area contributed by atoms with Crippen LogP contribution in [0.1, 0.15) is 21.5 Å². The summed E-state index contributed by atoms with van der Waals surface area (Å²) in [6.45, 7) is 1.99. The van der Waals surface area contributed by atoms with Gasteiger partial charge in [0, 0.05) is 4.47 Å². The first kappa shape index (κ1) is 15.3. The zero-order valence-corrected chi connectivity index (χ0v) is 13.3. The van der Waals surface area contributed by atoms with Crippen molar-refractivity contribution < 1.29 is 9.53 Å². The molecule has 0 fully saturated rings. The predicted octanol–water partition coefficient (Wildman–Crippen LogP) is 3.53. The number of nitrogens with one attached hydrogen (secondary N) is 1. The Balaban J connectivity index is 2.12. The number of hydrazone groups is 1. The molecule has 0 saturated heterocycles. The third-order valence-electron chi connectivity index (χ3n) is 2.96. The molecule has 0 aliphatic carbocycles. The van der Waals surface area contributed by atoms with Crippen LogP contribution in [0.15, 0.2) is 52.0 Å². The lowest BCUT2D eigenvalue weighted by atomic mass is 10.1. The van der Waals surface area contributed by atoms with Gasteiger partial charge in [-0.15, -0.1) is 0 Å². The lowest BCUT2D eigenvalue weighted by molar-refractivity contribution is 0.0952. The number of halogens is 1. The molecule has 0 saturated carbocycles. The Bertz CT molecular complexity index is 684. The molecule has 0 unspecified atom stereocenters. The van der Waals surface area contributed by atoms with Crippen molar-refractivity contribution in [2.45, 2.75) is 6.92 Å². The van der Waals surface area contributed by atoms with E-state index in [9.17, 15) is 4.79 Å². The van der Waals surface area contributed by atoms with Crippen LogP contribution in [0.2, 0.25) is 0 Å². The minimum Gasteiger partial charge on any atom is -0.496 e. The number of hydrogen-bond donors (Lipinski definition) is 1. The summed E-state index contributed by atoms with van der Waals surface area (Å²) in [6, 6.07) is 13.0. The van der Waals surface area contributed by atoms with Crippen LogP contribution in [0, 0.1) is 6.92 Å². The molecule has 5 heteroatoms. The Kier molecular flexibility index (Phi) is 5.11. The van der Waals surface area contributed by atoms with Gasteiger partial charge in [-0.1, -0.05) is 40.2 Å². The van der Waals surface area contributed by atoms with Crippen molar-refractivity contribution in [2.75, 3.05) is 7.11 Å². The molecule has 0 atom stereocenters. The zero-order valence-electron chi connectivity index (χ0n) is 11.8. The van der Waals surface area contributed by atoms with Gasteiger partial charge in [-0.25, -0.2) is 5.43 Å². The lowest BCUT2D eigenvalue weighted by Crippen LogP contribution is -2.18. The summed E-state index contributed by atoms with van der Waals surface area (Å²) in [7, 11) is 1.52. The third kappa shape index (κ3) is 3.92. The summed E-state index contributed by atoms with van der Waals surface area (Å²) < 4.78 is 5.97. The van der Waals surface area contributed by atoms with Gasteiger partial charge in [-0.2, -0.15) is 5.10 Å². The fraction of sp³-hybridized carbons (Fsp3) is 0.125. The van der Waals surface area contributed by atoms with Crippen LogP contribution < -0.4 is 10.2 Å². The predicted molar refractivity (Wildman–Crippen MR) is 86.9 cm³/mol. The molecule has 4 nitrogen and oxygen atoms in total. The minimum atomic E-state index is -0.321. The smallest absolute Gasteiger partial charge is 0.275 e. The van der Waals surface area contributed by atoms with E-state index >= 15 is 0 Å². The van der Waals surface area contributed by atoms with Crippen LogP contribution in [-0.2, 0) is 0 Å². The van der Waals surface area contributed by atoms with Gasteiger partial charge in [-0.3, -0.25) is 4.79 Å². The van der Waals surface area contributed by atoms with Gasteiger partial charge >= 0.3 is 0 Å². The molecule has 0 bridgehead atoms. The first-order chi connectivity index (χ1) is 10.1. The second kappa shape index (κ2) is 7.04. The molecule has 2 rings (SSSR count). The number of amides is 1. The number of carbonyl (C=O) groups excluding carboxylic acids is 1. The highest BCUT2D eigenvalue weighted by Crippen LogP contribution is 2.22. The average Bonchev–Trinajstić information content (AvgIpc) is 2.49. The maximum atomic E-state index is 12.1. The highest BCUT2D eigenvalue weighted by Gasteiger charge is 2.11. The average molecular weight is 347 g/mol. The molecule has 108 valence electrons. The fourth-order valence-electron chi connectivity index (χ4n) is 1.81. The van der Waals surface area contributed by atoms with Crippen molar-refractivity contribution in [2.24, 2.45) is 5.10 Å². The van der Waals surface area contributed by atoms with Crippen LogP contribution in [0.5, 0.6) is 5.75 Å². The summed E-state index contributed by atoms with van der Waals surface area (Å²) in [5.41, 5.74) is 4.98. The second-order valence-corrected chi connectivity index (χ2v) is 5.32. The van der Waals surface area contributed by atoms with Crippen molar-refractivity contribution in [1.29, 1.82) is 0 Å². The number of carbonyl (C=O) groups is 1. The van der Waals surface area contributed by atoms with Crippen LogP contribution in [0.3, 0.4) is 0 Å². The van der Waals surface area contributed by atoms with E-state index in [-0.39, 0.29) is 5.91 Å². The number of rotatable bonds is 4. The van der Waals surface area contributed by atoms with Gasteiger partial charge in [0.1, 0.15) is 5.75 Å². The van der Waals surface area contributed by atoms with E-state index in [2.05, 4.69) is 26.5 Å². The van der Waals surface area contributed by atoms with E-state index in [4.69, 9.17) is 4.74 Å². The normalized spacial score (nSPS) is 10.6. The van der Waals surface area contributed by atoms with Gasteiger partial charge in [0.25, 0.3) is 5.91 Å². The van der Waals surface area contributed by atoms with Crippen LogP contribution in [0.4, 0.5) is 0 Å². The van der Waals surface area contributed by atoms with Crippen molar-refractivity contribution in [3.63, 3.8) is 0 Å². The molecule has 0 heterocycles. The van der Waals surface area contributed by atoms with E-state index in [0.717, 1.165) is 15.6 Å². The van der Waals surface area contributed by atoms with Gasteiger partial charge in [0.05, 0.1) is 18.9 Å². The quantitative estimate of drug-likeness (QED) is 0.680. The molecule has 0 aliphatic rings. The van der Waals surface area contributed by atoms with Gasteiger partial charge in [-0.05, 0) is 36.2 Å². The summed E-state index contributed by atoms with van der Waals surface area (Å²) in [5.74, 6) is 0.180. The monoisotopic (exact) mass is 346 g/mol. The van der Waals surface area contributed by atoms with E-state index in [0.29, 0.717) is 11.3 Å². The maximum absolute atomic E-state index is 12.1. The Labute approximate surface area is 132 Å². The summed E-state index contributed by atoms with van der Waals surface area (Å²) >= 11 is 3.33. The van der Waals surface area contributed by atoms with Gasteiger partial charge < -0.3 is 4.74 Å². The number of methoxy groups -OCH3 is 1. The number of hydrogen-bond acceptors (Lipinski definition) is 3. The van der Waals surface area contributed by atoms with E-state index in [1.54, 1.807) is 18.3 Å². The summed E-state index contributed by atoms with van der Waals surface area (Å²) in [5, 5.41) is 3.99. The third-order valence-corrected chi connectivity index (χ3v) is 3.46. The molecular weight excluding hydrogens is 332 g/mol. The summed E-state index contributed by atoms with van der Waals surface area (Å²) in [4.78, 5) is 12.1. The fourth-order valence-corrected chi connectivity index (χ4v) is 2.17. The van der Waals surface area contributed by atoms with Crippen molar-refractivity contribution in [3.8, 4) is 5.75 Å². The topological polar surface area (TPSA) is 50.7 Å². The standard InChI is InChI=1S/C16H15BrN2O2/c1-11-5-3-4-6-12(11)10-18-19-16(20)14-9-13(17)7-8-15(14)21-2/h3-10H,1-2H3,(H,19,20)/b18-10-. The first-order valence-corrected chi connectivity index (χ1v) is 7.13. The zero-order chi connectivity index (χ0) is 15.2. The lowest BCUT2D eigenvalue weighted by Gasteiger charge is -2.07. The van der Waals surface area contributed by atoms with E-state index < -0.39 is 0 Å². The van der Waals surface area contributed by atoms with Crippen LogP contribution in [-0.4, -0.2) is 19.2 Å². The van der Waals surface area contributed by atoms with Crippen molar-refractivity contribution in [3.05, 3.63) is 63.6 Å². The molecule has 2 aromatic carbocycles. The van der Waals surface area contributed by atoms with Crippen molar-refractivity contribution >= 4 is 28.1 Å². The number of nitrogens with zero attached hydrogens (tertiary/aromatic N) is 1. The number of ether oxygens (including phenoxy) is 1. The molecule has 1 N–H and O–H groups in total. The van der Waals surface area contributed by atoms with Gasteiger partial charge in [0.15, 0.2) is 0 Å². The van der Waals surface area contributed by atoms with E-state index in [1.165, 1.54) is 7.11 Å². The Morgan fingerprint density at radius 1 is 1.29 bits per heavy atom. The molecule has 2 aromatic rings. The maximum Gasteiger partial charge on any atom is 0.275 e. The molecule has 21 heavy (non-hydrogen) atoms. The number of benzene rings is 2. The molecular formula is C16H15BrN2O2. The van der Waals surface area contributed by atoms with Crippen molar-refractivity contribution in [1.82, 2.24) is 5.43 Å². The summed E-state index contributed by atoms with van der Waals surface area (Å²) in [6.07, 6.45) is 1.62. The molecule has 0 radical (unpaired) electrons. The van der Waals surface area contributed by atoms with Crippen LogP contribution in [0.25, 0.3) is 0 Å². The Hall–Kier alpha value is -2.14. The van der Waals surface area contributed by atoms with Gasteiger partial charge in [0.2, 0.25) is 0 Å². The Morgan fingerprint density at radius 3 is 2.76 bits per heavy atom. The first-order valence-electron chi connectivity index (χ1n) is 6.34. The van der Waals surface area contributed by atoms with Crippen LogP contribution >= 0.6 is 15.9 Å². The molecule has 0 aromatic heterocycles. The molecule has 0 aliphatic heterocycles. The molecule has 1 amide bonds.